The molecule has 1 fully saturated rings. The maximum Gasteiger partial charge on any atom is 0.171 e. The summed E-state index contributed by atoms with van der Waals surface area (Å²) >= 11 is 0. The van der Waals surface area contributed by atoms with Crippen molar-refractivity contribution < 1.29 is 4.74 Å². The molecule has 1 aromatic heterocycles. The third-order valence-corrected chi connectivity index (χ3v) is 2.79. The first-order valence-electron chi connectivity index (χ1n) is 5.75. The van der Waals surface area contributed by atoms with Gasteiger partial charge in [0, 0.05) is 32.4 Å². The first-order valence-corrected chi connectivity index (χ1v) is 5.75. The number of anilines is 1. The topological polar surface area (TPSA) is 37.4 Å². The van der Waals surface area contributed by atoms with Crippen LogP contribution in [0.2, 0.25) is 0 Å². The molecule has 1 aromatic rings. The number of ether oxygens (including phenoxy) is 1. The zero-order valence-electron chi connectivity index (χ0n) is 9.94. The minimum atomic E-state index is 0.763. The van der Waals surface area contributed by atoms with Crippen LogP contribution in [0.3, 0.4) is 0 Å². The van der Waals surface area contributed by atoms with Gasteiger partial charge in [-0.25, -0.2) is 4.98 Å². The number of likely N-dealkylation sites (N-methyl/N-ethyl adjacent to an activating group) is 1. The molecule has 88 valence electrons. The van der Waals surface area contributed by atoms with Gasteiger partial charge in [-0.1, -0.05) is 0 Å². The van der Waals surface area contributed by atoms with E-state index in [4.69, 9.17) is 4.74 Å². The Balaban J connectivity index is 1.87. The van der Waals surface area contributed by atoms with E-state index in [9.17, 15) is 0 Å². The van der Waals surface area contributed by atoms with Gasteiger partial charge in [-0.2, -0.15) is 0 Å². The fourth-order valence-electron chi connectivity index (χ4n) is 1.66. The summed E-state index contributed by atoms with van der Waals surface area (Å²) in [6, 6.07) is 4.59. The lowest BCUT2D eigenvalue weighted by molar-refractivity contribution is 0.413. The van der Waals surface area contributed by atoms with Gasteiger partial charge in [0.05, 0.1) is 7.11 Å². The minimum absolute atomic E-state index is 0.763. The van der Waals surface area contributed by atoms with Gasteiger partial charge in [-0.05, 0) is 25.0 Å². The molecule has 1 aliphatic carbocycles. The molecule has 1 saturated carbocycles. The average molecular weight is 221 g/mol. The van der Waals surface area contributed by atoms with Crippen LogP contribution in [-0.2, 0) is 0 Å². The number of hydrogen-bond donors (Lipinski definition) is 1. The van der Waals surface area contributed by atoms with E-state index in [1.165, 1.54) is 12.8 Å². The van der Waals surface area contributed by atoms with Crippen molar-refractivity contribution in [2.45, 2.75) is 18.9 Å². The molecule has 0 unspecified atom stereocenters. The Morgan fingerprint density at radius 1 is 1.56 bits per heavy atom. The van der Waals surface area contributed by atoms with Crippen molar-refractivity contribution >= 4 is 5.82 Å². The fourth-order valence-corrected chi connectivity index (χ4v) is 1.66. The summed E-state index contributed by atoms with van der Waals surface area (Å²) in [5.41, 5.74) is 0. The molecule has 0 spiro atoms. The second kappa shape index (κ2) is 5.16. The maximum absolute atomic E-state index is 5.28. The summed E-state index contributed by atoms with van der Waals surface area (Å²) in [4.78, 5) is 6.46. The summed E-state index contributed by atoms with van der Waals surface area (Å²) in [5.74, 6) is 1.74. The molecule has 0 saturated heterocycles. The molecule has 2 rings (SSSR count). The molecule has 1 heterocycles. The first-order chi connectivity index (χ1) is 7.81. The summed E-state index contributed by atoms with van der Waals surface area (Å²) in [7, 11) is 3.72. The highest BCUT2D eigenvalue weighted by Gasteiger charge is 2.20. The third-order valence-electron chi connectivity index (χ3n) is 2.79. The SMILES string of the molecule is COc1cccnc1N(C)CCNC1CC1. The van der Waals surface area contributed by atoms with E-state index in [0.717, 1.165) is 30.7 Å². The number of methoxy groups -OCH3 is 1. The Kier molecular flexibility index (Phi) is 3.62. The van der Waals surface area contributed by atoms with Crippen LogP contribution in [0.25, 0.3) is 0 Å². The second-order valence-corrected chi connectivity index (χ2v) is 4.18. The molecule has 0 atom stereocenters. The quantitative estimate of drug-likeness (QED) is 0.785. The van der Waals surface area contributed by atoms with Crippen molar-refractivity contribution in [3.8, 4) is 5.75 Å². The van der Waals surface area contributed by atoms with Crippen molar-refractivity contribution in [1.82, 2.24) is 10.3 Å². The molecule has 0 aromatic carbocycles. The van der Waals surface area contributed by atoms with Gasteiger partial charge < -0.3 is 15.0 Å². The van der Waals surface area contributed by atoms with Crippen molar-refractivity contribution in [1.29, 1.82) is 0 Å². The lowest BCUT2D eigenvalue weighted by Crippen LogP contribution is -2.30. The van der Waals surface area contributed by atoms with Crippen molar-refractivity contribution in [2.24, 2.45) is 0 Å². The first kappa shape index (κ1) is 11.2. The predicted molar refractivity (Wildman–Crippen MR) is 65.1 cm³/mol. The average Bonchev–Trinajstić information content (AvgIpc) is 3.13. The highest BCUT2D eigenvalue weighted by molar-refractivity contribution is 5.51. The van der Waals surface area contributed by atoms with Crippen LogP contribution in [0, 0.1) is 0 Å². The van der Waals surface area contributed by atoms with E-state index in [1.54, 1.807) is 13.3 Å². The molecule has 16 heavy (non-hydrogen) atoms. The maximum atomic E-state index is 5.28. The van der Waals surface area contributed by atoms with Gasteiger partial charge in [0.25, 0.3) is 0 Å². The number of nitrogens with zero attached hydrogens (tertiary/aromatic N) is 2. The van der Waals surface area contributed by atoms with Gasteiger partial charge in [-0.15, -0.1) is 0 Å². The number of hydrogen-bond acceptors (Lipinski definition) is 4. The van der Waals surface area contributed by atoms with Crippen LogP contribution in [0.1, 0.15) is 12.8 Å². The zero-order valence-corrected chi connectivity index (χ0v) is 9.94. The van der Waals surface area contributed by atoms with E-state index in [1.807, 2.05) is 19.2 Å². The van der Waals surface area contributed by atoms with Crippen LogP contribution in [0.15, 0.2) is 18.3 Å². The molecule has 0 aliphatic heterocycles. The Labute approximate surface area is 96.6 Å². The fraction of sp³-hybridized carbons (Fsp3) is 0.583. The number of aromatic nitrogens is 1. The van der Waals surface area contributed by atoms with Crippen molar-refractivity contribution in [3.05, 3.63) is 18.3 Å². The lowest BCUT2D eigenvalue weighted by Gasteiger charge is -2.20. The highest BCUT2D eigenvalue weighted by atomic mass is 16.5. The Hall–Kier alpha value is -1.29. The Morgan fingerprint density at radius 3 is 3.06 bits per heavy atom. The van der Waals surface area contributed by atoms with Crippen LogP contribution in [0.4, 0.5) is 5.82 Å². The third kappa shape index (κ3) is 2.85. The molecule has 0 radical (unpaired) electrons. The molecule has 4 nitrogen and oxygen atoms in total. The largest absolute Gasteiger partial charge is 0.493 e. The monoisotopic (exact) mass is 221 g/mol. The molecular weight excluding hydrogens is 202 g/mol. The smallest absolute Gasteiger partial charge is 0.171 e. The Bertz CT molecular complexity index is 339. The normalized spacial score (nSPS) is 14.9. The number of pyridine rings is 1. The molecule has 0 amide bonds. The van der Waals surface area contributed by atoms with Crippen LogP contribution < -0.4 is 15.0 Å². The standard InChI is InChI=1S/C12H19N3O/c1-15(9-8-13-10-5-6-10)12-11(16-2)4-3-7-14-12/h3-4,7,10,13H,5-6,8-9H2,1-2H3. The van der Waals surface area contributed by atoms with E-state index in [0.29, 0.717) is 0 Å². The van der Waals surface area contributed by atoms with Crippen LogP contribution in [0.5, 0.6) is 5.75 Å². The minimum Gasteiger partial charge on any atom is -0.493 e. The molecular formula is C12H19N3O. The van der Waals surface area contributed by atoms with Crippen molar-refractivity contribution in [2.75, 3.05) is 32.1 Å². The van der Waals surface area contributed by atoms with E-state index in [2.05, 4.69) is 15.2 Å². The highest BCUT2D eigenvalue weighted by Crippen LogP contribution is 2.23. The number of nitrogens with one attached hydrogen (secondary N) is 1. The van der Waals surface area contributed by atoms with Crippen LogP contribution in [-0.4, -0.2) is 38.3 Å². The van der Waals surface area contributed by atoms with E-state index in [-0.39, 0.29) is 0 Å². The summed E-state index contributed by atoms with van der Waals surface area (Å²) < 4.78 is 5.28. The van der Waals surface area contributed by atoms with Gasteiger partial charge in [-0.3, -0.25) is 0 Å². The van der Waals surface area contributed by atoms with Gasteiger partial charge >= 0.3 is 0 Å². The predicted octanol–water partition coefficient (Wildman–Crippen LogP) is 1.28. The van der Waals surface area contributed by atoms with Gasteiger partial charge in [0.1, 0.15) is 0 Å². The molecule has 4 heteroatoms. The summed E-state index contributed by atoms with van der Waals surface area (Å²) in [6.07, 6.45) is 4.45. The zero-order chi connectivity index (χ0) is 11.4. The summed E-state index contributed by atoms with van der Waals surface area (Å²) in [6.45, 7) is 1.95. The van der Waals surface area contributed by atoms with Gasteiger partial charge in [0.15, 0.2) is 11.6 Å². The van der Waals surface area contributed by atoms with Crippen molar-refractivity contribution in [3.63, 3.8) is 0 Å². The number of rotatable bonds is 6. The van der Waals surface area contributed by atoms with Crippen LogP contribution >= 0.6 is 0 Å². The lowest BCUT2D eigenvalue weighted by atomic mass is 10.4. The Morgan fingerprint density at radius 2 is 2.38 bits per heavy atom. The van der Waals surface area contributed by atoms with Gasteiger partial charge in [0.2, 0.25) is 0 Å². The second-order valence-electron chi connectivity index (χ2n) is 4.18. The van der Waals surface area contributed by atoms with E-state index >= 15 is 0 Å². The molecule has 1 N–H and O–H groups in total. The molecule has 1 aliphatic rings. The van der Waals surface area contributed by atoms with E-state index < -0.39 is 0 Å². The summed E-state index contributed by atoms with van der Waals surface area (Å²) in [5, 5.41) is 3.48. The molecule has 0 bridgehead atoms.